The van der Waals surface area contributed by atoms with E-state index in [0.29, 0.717) is 16.9 Å². The molecule has 0 bridgehead atoms. The van der Waals surface area contributed by atoms with Crippen LogP contribution >= 0.6 is 23.5 Å². The molecule has 1 aromatic heterocycles. The number of hydrogen-bond acceptors (Lipinski definition) is 4. The molecular formula is C22H31N3OS2. The van der Waals surface area contributed by atoms with Gasteiger partial charge in [0.05, 0.1) is 10.3 Å². The Labute approximate surface area is 177 Å². The van der Waals surface area contributed by atoms with Crippen molar-refractivity contribution in [2.75, 3.05) is 16.8 Å². The van der Waals surface area contributed by atoms with E-state index in [4.69, 9.17) is 0 Å². The fraction of sp³-hybridized carbons (Fsp3) is 0.545. The van der Waals surface area contributed by atoms with E-state index in [2.05, 4.69) is 48.0 Å². The van der Waals surface area contributed by atoms with Crippen molar-refractivity contribution in [3.63, 3.8) is 0 Å². The molecule has 0 unspecified atom stereocenters. The highest BCUT2D eigenvalue weighted by atomic mass is 32.2. The van der Waals surface area contributed by atoms with Crippen LogP contribution in [0, 0.1) is 19.8 Å². The summed E-state index contributed by atoms with van der Waals surface area (Å²) >= 11 is 4.00. The molecule has 0 spiro atoms. The van der Waals surface area contributed by atoms with Gasteiger partial charge in [0.2, 0.25) is 5.91 Å². The van der Waals surface area contributed by atoms with E-state index in [1.165, 1.54) is 34.7 Å². The molecule has 1 N–H and O–H groups in total. The summed E-state index contributed by atoms with van der Waals surface area (Å²) in [5.41, 5.74) is 5.64. The zero-order valence-corrected chi connectivity index (χ0v) is 19.0. The van der Waals surface area contributed by atoms with Crippen molar-refractivity contribution in [2.45, 2.75) is 58.1 Å². The Bertz CT molecular complexity index is 810. The van der Waals surface area contributed by atoms with Crippen molar-refractivity contribution in [1.29, 1.82) is 0 Å². The normalized spacial score (nSPS) is 15.2. The minimum atomic E-state index is 0.0662. The van der Waals surface area contributed by atoms with Crippen molar-refractivity contribution in [2.24, 2.45) is 5.92 Å². The summed E-state index contributed by atoms with van der Waals surface area (Å²) in [5, 5.41) is 7.74. The highest BCUT2D eigenvalue weighted by molar-refractivity contribution is 8.16. The summed E-state index contributed by atoms with van der Waals surface area (Å²) in [6.45, 7) is 9.46. The first-order valence-electron chi connectivity index (χ1n) is 10.1. The Morgan fingerprint density at radius 1 is 1.29 bits per heavy atom. The number of amides is 1. The molecule has 0 radical (unpaired) electrons. The summed E-state index contributed by atoms with van der Waals surface area (Å²) in [6.07, 6.45) is 2.50. The van der Waals surface area contributed by atoms with Crippen LogP contribution in [0.4, 0.5) is 5.69 Å². The number of carbonyl (C=O) groups excluding carboxylic acids is 1. The number of rotatable bonds is 7. The number of carbonyl (C=O) groups is 1. The minimum absolute atomic E-state index is 0.0662. The lowest BCUT2D eigenvalue weighted by Gasteiger charge is -2.21. The number of nitrogens with zero attached hydrogens (tertiary/aromatic N) is 2. The van der Waals surface area contributed by atoms with Crippen LogP contribution in [0.2, 0.25) is 0 Å². The fourth-order valence-electron chi connectivity index (χ4n) is 3.52. The van der Waals surface area contributed by atoms with Crippen molar-refractivity contribution in [3.8, 4) is 0 Å². The molecule has 2 aromatic rings. The fourth-order valence-corrected chi connectivity index (χ4v) is 6.40. The Morgan fingerprint density at radius 3 is 2.75 bits per heavy atom. The molecule has 28 heavy (non-hydrogen) atoms. The SMILES string of the molecule is Cc1nn(CC(C)C)c(C)c1CCC(=O)Nc1cccc(C2SCCCS2)c1. The van der Waals surface area contributed by atoms with Crippen LogP contribution in [-0.2, 0) is 17.8 Å². The molecule has 0 saturated carbocycles. The zero-order valence-electron chi connectivity index (χ0n) is 17.3. The van der Waals surface area contributed by atoms with Crippen molar-refractivity contribution < 1.29 is 4.79 Å². The zero-order chi connectivity index (χ0) is 20.1. The second-order valence-electron chi connectivity index (χ2n) is 7.83. The third-order valence-corrected chi connectivity index (χ3v) is 7.96. The average Bonchev–Trinajstić information content (AvgIpc) is 2.93. The predicted octanol–water partition coefficient (Wildman–Crippen LogP) is 5.60. The van der Waals surface area contributed by atoms with E-state index in [1.807, 2.05) is 42.6 Å². The predicted molar refractivity (Wildman–Crippen MR) is 122 cm³/mol. The van der Waals surface area contributed by atoms with E-state index in [0.717, 1.165) is 24.3 Å². The molecule has 6 heteroatoms. The number of thioether (sulfide) groups is 2. The van der Waals surface area contributed by atoms with Crippen molar-refractivity contribution in [3.05, 3.63) is 46.8 Å². The van der Waals surface area contributed by atoms with Gasteiger partial charge in [-0.15, -0.1) is 23.5 Å². The quantitative estimate of drug-likeness (QED) is 0.637. The van der Waals surface area contributed by atoms with Gasteiger partial charge in [0.25, 0.3) is 0 Å². The molecule has 0 aliphatic carbocycles. The second kappa shape index (κ2) is 9.88. The Morgan fingerprint density at radius 2 is 2.04 bits per heavy atom. The van der Waals surface area contributed by atoms with Crippen LogP contribution in [0.5, 0.6) is 0 Å². The minimum Gasteiger partial charge on any atom is -0.326 e. The molecule has 1 fully saturated rings. The molecular weight excluding hydrogens is 386 g/mol. The maximum Gasteiger partial charge on any atom is 0.224 e. The van der Waals surface area contributed by atoms with Gasteiger partial charge in [-0.05, 0) is 67.4 Å². The first-order chi connectivity index (χ1) is 13.4. The number of hydrogen-bond donors (Lipinski definition) is 1. The van der Waals surface area contributed by atoms with E-state index >= 15 is 0 Å². The first-order valence-corrected chi connectivity index (χ1v) is 12.2. The molecule has 2 heterocycles. The average molecular weight is 418 g/mol. The van der Waals surface area contributed by atoms with Crippen LogP contribution in [0.25, 0.3) is 0 Å². The molecule has 3 rings (SSSR count). The van der Waals surface area contributed by atoms with Gasteiger partial charge in [-0.3, -0.25) is 9.48 Å². The van der Waals surface area contributed by atoms with Gasteiger partial charge < -0.3 is 5.32 Å². The Kier molecular flexibility index (Phi) is 7.52. The lowest BCUT2D eigenvalue weighted by atomic mass is 10.1. The third-order valence-electron chi connectivity index (χ3n) is 4.94. The van der Waals surface area contributed by atoms with Crippen LogP contribution in [0.3, 0.4) is 0 Å². The highest BCUT2D eigenvalue weighted by Gasteiger charge is 2.17. The van der Waals surface area contributed by atoms with Crippen LogP contribution in [0.15, 0.2) is 24.3 Å². The number of nitrogens with one attached hydrogen (secondary N) is 1. The van der Waals surface area contributed by atoms with Gasteiger partial charge in [0.15, 0.2) is 0 Å². The lowest BCUT2D eigenvalue weighted by Crippen LogP contribution is -2.13. The van der Waals surface area contributed by atoms with Gasteiger partial charge >= 0.3 is 0 Å². The number of anilines is 1. The van der Waals surface area contributed by atoms with Gasteiger partial charge in [0, 0.05) is 24.3 Å². The third kappa shape index (κ3) is 5.57. The van der Waals surface area contributed by atoms with Gasteiger partial charge in [-0.2, -0.15) is 5.10 Å². The Balaban J connectivity index is 1.58. The number of aryl methyl sites for hydroxylation is 1. The monoisotopic (exact) mass is 417 g/mol. The lowest BCUT2D eigenvalue weighted by molar-refractivity contribution is -0.116. The Hall–Kier alpha value is -1.40. The molecule has 1 aliphatic heterocycles. The molecule has 1 saturated heterocycles. The van der Waals surface area contributed by atoms with Gasteiger partial charge in [-0.25, -0.2) is 0 Å². The summed E-state index contributed by atoms with van der Waals surface area (Å²) in [7, 11) is 0. The summed E-state index contributed by atoms with van der Waals surface area (Å²) in [5.74, 6) is 3.06. The standard InChI is InChI=1S/C22H31N3OS2/c1-15(2)14-25-17(4)20(16(3)24-25)9-10-21(26)23-19-8-5-7-18(13-19)22-27-11-6-12-28-22/h5,7-8,13,15,22H,6,9-12,14H2,1-4H3,(H,23,26). The second-order valence-corrected chi connectivity index (χ2v) is 10.6. The first kappa shape index (κ1) is 21.3. The molecule has 0 atom stereocenters. The number of aromatic nitrogens is 2. The van der Waals surface area contributed by atoms with Crippen LogP contribution < -0.4 is 5.32 Å². The van der Waals surface area contributed by atoms with E-state index in [-0.39, 0.29) is 5.91 Å². The molecule has 152 valence electrons. The van der Waals surface area contributed by atoms with Crippen molar-refractivity contribution in [1.82, 2.24) is 9.78 Å². The van der Waals surface area contributed by atoms with Crippen LogP contribution in [-0.4, -0.2) is 27.2 Å². The van der Waals surface area contributed by atoms with E-state index in [9.17, 15) is 4.79 Å². The summed E-state index contributed by atoms with van der Waals surface area (Å²) in [6, 6.07) is 8.33. The van der Waals surface area contributed by atoms with E-state index in [1.54, 1.807) is 0 Å². The maximum atomic E-state index is 12.5. The topological polar surface area (TPSA) is 46.9 Å². The van der Waals surface area contributed by atoms with Crippen LogP contribution in [0.1, 0.15) is 53.8 Å². The summed E-state index contributed by atoms with van der Waals surface area (Å²) < 4.78 is 2.57. The number of benzene rings is 1. The summed E-state index contributed by atoms with van der Waals surface area (Å²) in [4.78, 5) is 12.5. The molecule has 1 aliphatic rings. The van der Waals surface area contributed by atoms with Gasteiger partial charge in [-0.1, -0.05) is 26.0 Å². The maximum absolute atomic E-state index is 12.5. The van der Waals surface area contributed by atoms with Crippen molar-refractivity contribution >= 4 is 35.1 Å². The molecule has 4 nitrogen and oxygen atoms in total. The molecule has 1 amide bonds. The smallest absolute Gasteiger partial charge is 0.224 e. The van der Waals surface area contributed by atoms with E-state index < -0.39 is 0 Å². The highest BCUT2D eigenvalue weighted by Crippen LogP contribution is 2.44. The molecule has 1 aromatic carbocycles. The largest absolute Gasteiger partial charge is 0.326 e. The van der Waals surface area contributed by atoms with Gasteiger partial charge in [0.1, 0.15) is 0 Å².